The normalized spacial score (nSPS) is 18.4. The SMILES string of the molecule is C=C1[C@H](c2ccccc2C(=O)OC)O[C@@H](n2ncc3c(N(C(=O)OC(C)(C)C)C(=O)OC(C)(C)C)nc(Cl)nc32)[C@@H]1OC(C)=O. The molecule has 15 heteroatoms. The summed E-state index contributed by atoms with van der Waals surface area (Å²) in [6, 6.07) is 6.60. The summed E-state index contributed by atoms with van der Waals surface area (Å²) in [7, 11) is 1.25. The molecule has 0 radical (unpaired) electrons. The van der Waals surface area contributed by atoms with Crippen LogP contribution >= 0.6 is 11.6 Å². The first-order valence-electron chi connectivity index (χ1n) is 13.8. The molecule has 3 heterocycles. The number of carbonyl (C=O) groups is 4. The molecule has 0 saturated carbocycles. The molecular weight excluding hydrogens is 610 g/mol. The van der Waals surface area contributed by atoms with Crippen LogP contribution in [0.4, 0.5) is 15.4 Å². The van der Waals surface area contributed by atoms with Crippen LogP contribution in [0.3, 0.4) is 0 Å². The molecule has 1 aromatic carbocycles. The molecule has 0 unspecified atom stereocenters. The monoisotopic (exact) mass is 643 g/mol. The van der Waals surface area contributed by atoms with Gasteiger partial charge in [-0.2, -0.15) is 20.0 Å². The maximum Gasteiger partial charge on any atom is 0.425 e. The molecule has 240 valence electrons. The first kappa shape index (κ1) is 33.3. The van der Waals surface area contributed by atoms with E-state index in [9.17, 15) is 19.2 Å². The van der Waals surface area contributed by atoms with Gasteiger partial charge in [-0.3, -0.25) is 4.79 Å². The van der Waals surface area contributed by atoms with Gasteiger partial charge in [0, 0.05) is 12.5 Å². The fraction of sp³-hybridized carbons (Fsp3) is 0.433. The van der Waals surface area contributed by atoms with E-state index in [1.807, 2.05) is 0 Å². The Morgan fingerprint density at radius 3 is 2.16 bits per heavy atom. The Hall–Kier alpha value is -4.56. The number of nitrogens with zero attached hydrogens (tertiary/aromatic N) is 5. The fourth-order valence-electron chi connectivity index (χ4n) is 4.53. The number of hydrogen-bond acceptors (Lipinski definition) is 12. The average molecular weight is 644 g/mol. The molecular formula is C30H34ClN5O9. The molecule has 2 amide bonds. The van der Waals surface area contributed by atoms with Crippen LogP contribution in [0, 0.1) is 0 Å². The molecule has 3 atom stereocenters. The predicted molar refractivity (Wildman–Crippen MR) is 161 cm³/mol. The van der Waals surface area contributed by atoms with Crippen LogP contribution in [-0.2, 0) is 28.5 Å². The zero-order valence-corrected chi connectivity index (χ0v) is 26.9. The van der Waals surface area contributed by atoms with Crippen molar-refractivity contribution in [3.05, 3.63) is 59.0 Å². The number of amides is 2. The van der Waals surface area contributed by atoms with Crippen molar-refractivity contribution in [1.82, 2.24) is 19.7 Å². The Bertz CT molecular complexity index is 1650. The first-order valence-corrected chi connectivity index (χ1v) is 14.1. The second kappa shape index (κ2) is 12.4. The molecule has 0 aliphatic carbocycles. The minimum absolute atomic E-state index is 0.0129. The Kier molecular flexibility index (Phi) is 9.22. The minimum atomic E-state index is -1.18. The van der Waals surface area contributed by atoms with Crippen LogP contribution in [0.25, 0.3) is 11.0 Å². The highest BCUT2D eigenvalue weighted by Crippen LogP contribution is 2.45. The summed E-state index contributed by atoms with van der Waals surface area (Å²) in [6.45, 7) is 15.1. The smallest absolute Gasteiger partial charge is 0.425 e. The van der Waals surface area contributed by atoms with Gasteiger partial charge in [0.05, 0.1) is 24.3 Å². The lowest BCUT2D eigenvalue weighted by Gasteiger charge is -2.28. The number of ether oxygens (including phenoxy) is 5. The fourth-order valence-corrected chi connectivity index (χ4v) is 4.69. The van der Waals surface area contributed by atoms with Crippen molar-refractivity contribution in [2.75, 3.05) is 12.0 Å². The summed E-state index contributed by atoms with van der Waals surface area (Å²) in [5.74, 6) is -1.51. The molecule has 1 fully saturated rings. The third-order valence-electron chi connectivity index (χ3n) is 6.19. The summed E-state index contributed by atoms with van der Waals surface area (Å²) < 4.78 is 29.1. The van der Waals surface area contributed by atoms with Gasteiger partial charge in [0.15, 0.2) is 23.8 Å². The number of carbonyl (C=O) groups excluding carboxylic acids is 4. The minimum Gasteiger partial charge on any atom is -0.465 e. The van der Waals surface area contributed by atoms with Gasteiger partial charge in [0.1, 0.15) is 17.3 Å². The number of fused-ring (bicyclic) bond motifs is 1. The highest BCUT2D eigenvalue weighted by Gasteiger charge is 2.46. The van der Waals surface area contributed by atoms with Crippen LogP contribution in [0.5, 0.6) is 0 Å². The van der Waals surface area contributed by atoms with Crippen molar-refractivity contribution in [2.24, 2.45) is 0 Å². The number of imide groups is 1. The van der Waals surface area contributed by atoms with Gasteiger partial charge in [-0.15, -0.1) is 0 Å². The second-order valence-corrected chi connectivity index (χ2v) is 12.4. The molecule has 1 saturated heterocycles. The zero-order chi connectivity index (χ0) is 33.4. The summed E-state index contributed by atoms with van der Waals surface area (Å²) in [5, 5.41) is 4.13. The predicted octanol–water partition coefficient (Wildman–Crippen LogP) is 5.70. The summed E-state index contributed by atoms with van der Waals surface area (Å²) in [4.78, 5) is 60.5. The standard InChI is InChI=1S/C30H34ClN5O9/c1-15-20(17-12-10-11-13-18(17)25(38)41-9)43-24(21(15)42-16(2)37)36-23-19(14-32-36)22(33-26(31)34-23)35(27(39)44-29(3,4)5)28(40)45-30(6,7)8/h10-14,20-21,24H,1H2,2-9H3/t20-,21-,24-/m1/s1. The van der Waals surface area contributed by atoms with Crippen LogP contribution in [-0.4, -0.2) is 68.3 Å². The van der Waals surface area contributed by atoms with E-state index >= 15 is 0 Å². The molecule has 0 N–H and O–H groups in total. The number of benzene rings is 1. The third-order valence-corrected chi connectivity index (χ3v) is 6.36. The van der Waals surface area contributed by atoms with Gasteiger partial charge >= 0.3 is 24.1 Å². The Labute approximate surface area is 264 Å². The molecule has 0 bridgehead atoms. The number of esters is 2. The molecule has 1 aliphatic rings. The number of hydrogen-bond donors (Lipinski definition) is 0. The molecule has 1 aliphatic heterocycles. The van der Waals surface area contributed by atoms with E-state index < -0.39 is 53.8 Å². The third kappa shape index (κ3) is 7.23. The highest BCUT2D eigenvalue weighted by molar-refractivity contribution is 6.29. The Balaban J connectivity index is 1.87. The summed E-state index contributed by atoms with van der Waals surface area (Å²) >= 11 is 6.34. The Morgan fingerprint density at radius 1 is 1.00 bits per heavy atom. The highest BCUT2D eigenvalue weighted by atomic mass is 35.5. The van der Waals surface area contributed by atoms with E-state index in [0.717, 1.165) is 0 Å². The summed E-state index contributed by atoms with van der Waals surface area (Å²) in [6.07, 6.45) is -4.09. The summed E-state index contributed by atoms with van der Waals surface area (Å²) in [5.41, 5.74) is -1.01. The van der Waals surface area contributed by atoms with Crippen molar-refractivity contribution in [1.29, 1.82) is 0 Å². The number of anilines is 1. The van der Waals surface area contributed by atoms with E-state index in [0.29, 0.717) is 16.0 Å². The second-order valence-electron chi connectivity index (χ2n) is 12.0. The van der Waals surface area contributed by atoms with Crippen LogP contribution in [0.15, 0.2) is 42.6 Å². The van der Waals surface area contributed by atoms with Crippen LogP contribution < -0.4 is 4.90 Å². The van der Waals surface area contributed by atoms with Gasteiger partial charge in [-0.05, 0) is 64.8 Å². The van der Waals surface area contributed by atoms with Gasteiger partial charge in [-0.1, -0.05) is 24.8 Å². The van der Waals surface area contributed by atoms with Crippen molar-refractivity contribution in [3.63, 3.8) is 0 Å². The number of aromatic nitrogens is 4. The van der Waals surface area contributed by atoms with E-state index in [-0.39, 0.29) is 27.7 Å². The largest absolute Gasteiger partial charge is 0.465 e. The first-order chi connectivity index (χ1) is 20.9. The lowest BCUT2D eigenvalue weighted by molar-refractivity contribution is -0.151. The molecule has 14 nitrogen and oxygen atoms in total. The Morgan fingerprint density at radius 2 is 1.60 bits per heavy atom. The number of rotatable bonds is 5. The van der Waals surface area contributed by atoms with E-state index in [1.165, 1.54) is 24.9 Å². The lowest BCUT2D eigenvalue weighted by atomic mass is 9.96. The molecule has 0 spiro atoms. The van der Waals surface area contributed by atoms with Crippen molar-refractivity contribution in [3.8, 4) is 0 Å². The average Bonchev–Trinajstić information content (AvgIpc) is 3.46. The van der Waals surface area contributed by atoms with Gasteiger partial charge < -0.3 is 23.7 Å². The number of methoxy groups -OCH3 is 1. The van der Waals surface area contributed by atoms with Crippen LogP contribution in [0.2, 0.25) is 5.28 Å². The molecule has 4 rings (SSSR count). The van der Waals surface area contributed by atoms with E-state index in [1.54, 1.807) is 65.8 Å². The number of halogens is 1. The maximum absolute atomic E-state index is 13.4. The van der Waals surface area contributed by atoms with Crippen molar-refractivity contribution < 1.29 is 42.9 Å². The zero-order valence-electron chi connectivity index (χ0n) is 26.1. The van der Waals surface area contributed by atoms with Crippen molar-refractivity contribution in [2.45, 2.75) is 78.1 Å². The lowest BCUT2D eigenvalue weighted by Crippen LogP contribution is -2.44. The molecule has 3 aromatic rings. The van der Waals surface area contributed by atoms with Crippen LogP contribution in [0.1, 0.15) is 76.7 Å². The molecule has 2 aromatic heterocycles. The van der Waals surface area contributed by atoms with E-state index in [2.05, 4.69) is 21.6 Å². The van der Waals surface area contributed by atoms with Crippen molar-refractivity contribution >= 4 is 52.6 Å². The molecule has 45 heavy (non-hydrogen) atoms. The quantitative estimate of drug-likeness (QED) is 0.144. The van der Waals surface area contributed by atoms with E-state index in [4.69, 9.17) is 35.3 Å². The van der Waals surface area contributed by atoms with Gasteiger partial charge in [-0.25, -0.2) is 19.1 Å². The topological polar surface area (TPSA) is 161 Å². The van der Waals surface area contributed by atoms with Gasteiger partial charge in [0.2, 0.25) is 5.28 Å². The van der Waals surface area contributed by atoms with Gasteiger partial charge in [0.25, 0.3) is 0 Å². The maximum atomic E-state index is 13.4.